The molecule has 3 aromatic rings. The zero-order valence-electron chi connectivity index (χ0n) is 17.7. The van der Waals surface area contributed by atoms with E-state index in [1.165, 1.54) is 12.1 Å². The minimum atomic E-state index is -0.345. The molecule has 1 saturated heterocycles. The van der Waals surface area contributed by atoms with Gasteiger partial charge in [-0.25, -0.2) is 4.39 Å². The molecule has 1 heterocycles. The maximum Gasteiger partial charge on any atom is 0.253 e. The SMILES string of the molecule is O=C(c1cccc(COc2cccc(Cl)c2Cl)c1)N1CCN(Cc2ccc(F)cc2Cl)CC1. The highest BCUT2D eigenvalue weighted by Gasteiger charge is 2.23. The largest absolute Gasteiger partial charge is 0.487 e. The number of hydrogen-bond acceptors (Lipinski definition) is 3. The van der Waals surface area contributed by atoms with Crippen LogP contribution in [-0.4, -0.2) is 41.9 Å². The van der Waals surface area contributed by atoms with Crippen molar-refractivity contribution < 1.29 is 13.9 Å². The molecule has 0 aliphatic carbocycles. The number of carbonyl (C=O) groups excluding carboxylic acids is 1. The first-order chi connectivity index (χ1) is 15.9. The van der Waals surface area contributed by atoms with Gasteiger partial charge in [-0.2, -0.15) is 0 Å². The van der Waals surface area contributed by atoms with Gasteiger partial charge in [0.15, 0.2) is 0 Å². The van der Waals surface area contributed by atoms with Crippen molar-refractivity contribution >= 4 is 40.7 Å². The Balaban J connectivity index is 1.33. The van der Waals surface area contributed by atoms with Crippen LogP contribution in [0.5, 0.6) is 5.75 Å². The van der Waals surface area contributed by atoms with Gasteiger partial charge in [0.2, 0.25) is 0 Å². The fraction of sp³-hybridized carbons (Fsp3) is 0.240. The number of piperazine rings is 1. The van der Waals surface area contributed by atoms with Gasteiger partial charge in [-0.15, -0.1) is 0 Å². The third-order valence-corrected chi connectivity index (χ3v) is 6.71. The number of halogens is 4. The normalized spacial score (nSPS) is 14.4. The highest BCUT2D eigenvalue weighted by molar-refractivity contribution is 6.42. The van der Waals surface area contributed by atoms with Crippen LogP contribution in [0.1, 0.15) is 21.5 Å². The van der Waals surface area contributed by atoms with E-state index in [0.717, 1.165) is 24.2 Å². The zero-order valence-corrected chi connectivity index (χ0v) is 20.0. The molecule has 0 spiro atoms. The molecule has 8 heteroatoms. The minimum absolute atomic E-state index is 0.0166. The number of benzene rings is 3. The first kappa shape index (κ1) is 23.8. The second-order valence-electron chi connectivity index (χ2n) is 7.85. The fourth-order valence-electron chi connectivity index (χ4n) is 3.73. The van der Waals surface area contributed by atoms with Gasteiger partial charge in [-0.3, -0.25) is 9.69 Å². The van der Waals surface area contributed by atoms with Gasteiger partial charge < -0.3 is 9.64 Å². The van der Waals surface area contributed by atoms with Crippen molar-refractivity contribution in [3.8, 4) is 5.75 Å². The van der Waals surface area contributed by atoms with Crippen LogP contribution >= 0.6 is 34.8 Å². The van der Waals surface area contributed by atoms with Crippen LogP contribution in [0, 0.1) is 5.82 Å². The molecule has 1 fully saturated rings. The van der Waals surface area contributed by atoms with E-state index in [2.05, 4.69) is 4.90 Å². The van der Waals surface area contributed by atoms with E-state index >= 15 is 0 Å². The molecule has 4 rings (SSSR count). The molecule has 0 atom stereocenters. The van der Waals surface area contributed by atoms with E-state index in [-0.39, 0.29) is 18.3 Å². The molecule has 33 heavy (non-hydrogen) atoms. The number of hydrogen-bond donors (Lipinski definition) is 0. The summed E-state index contributed by atoms with van der Waals surface area (Å²) in [6.45, 7) is 3.55. The molecule has 1 aliphatic heterocycles. The van der Waals surface area contributed by atoms with Gasteiger partial charge in [-0.05, 0) is 47.5 Å². The molecular weight excluding hydrogens is 486 g/mol. The number of amides is 1. The number of ether oxygens (including phenoxy) is 1. The van der Waals surface area contributed by atoms with E-state index in [0.29, 0.717) is 46.0 Å². The van der Waals surface area contributed by atoms with Crippen LogP contribution in [0.25, 0.3) is 0 Å². The van der Waals surface area contributed by atoms with Crippen LogP contribution < -0.4 is 4.74 Å². The Labute approximate surface area is 207 Å². The summed E-state index contributed by atoms with van der Waals surface area (Å²) < 4.78 is 19.1. The Morgan fingerprint density at radius 3 is 2.42 bits per heavy atom. The van der Waals surface area contributed by atoms with E-state index in [4.69, 9.17) is 39.5 Å². The number of carbonyl (C=O) groups is 1. The second kappa shape index (κ2) is 10.7. The molecule has 1 aliphatic rings. The standard InChI is InChI=1S/C25H22Cl3FN2O2/c26-21-5-2-6-23(24(21)28)33-16-17-3-1-4-18(13-17)25(32)31-11-9-30(10-12-31)15-19-7-8-20(29)14-22(19)27/h1-8,13-14H,9-12,15-16H2. The maximum atomic E-state index is 13.3. The average Bonchev–Trinajstić information content (AvgIpc) is 2.82. The summed E-state index contributed by atoms with van der Waals surface area (Å²) in [5.74, 6) is 0.137. The summed E-state index contributed by atoms with van der Waals surface area (Å²) in [7, 11) is 0. The predicted molar refractivity (Wildman–Crippen MR) is 130 cm³/mol. The minimum Gasteiger partial charge on any atom is -0.487 e. The van der Waals surface area contributed by atoms with Crippen LogP contribution in [0.15, 0.2) is 60.7 Å². The average molecular weight is 508 g/mol. The molecule has 0 radical (unpaired) electrons. The van der Waals surface area contributed by atoms with Crippen molar-refractivity contribution in [2.45, 2.75) is 13.2 Å². The molecule has 3 aromatic carbocycles. The molecule has 0 saturated carbocycles. The number of rotatable bonds is 6. The lowest BCUT2D eigenvalue weighted by atomic mass is 10.1. The van der Waals surface area contributed by atoms with E-state index < -0.39 is 0 Å². The first-order valence-electron chi connectivity index (χ1n) is 10.5. The molecule has 172 valence electrons. The summed E-state index contributed by atoms with van der Waals surface area (Å²) in [6, 6.07) is 17.1. The zero-order chi connectivity index (χ0) is 23.4. The fourth-order valence-corrected chi connectivity index (χ4v) is 4.31. The van der Waals surface area contributed by atoms with Gasteiger partial charge in [-0.1, -0.05) is 59.1 Å². The van der Waals surface area contributed by atoms with Gasteiger partial charge >= 0.3 is 0 Å². The molecular formula is C25H22Cl3FN2O2. The Kier molecular flexibility index (Phi) is 7.76. The van der Waals surface area contributed by atoms with E-state index in [1.54, 1.807) is 24.3 Å². The number of nitrogens with zero attached hydrogens (tertiary/aromatic N) is 2. The maximum absolute atomic E-state index is 13.3. The van der Waals surface area contributed by atoms with Gasteiger partial charge in [0, 0.05) is 43.3 Å². The monoisotopic (exact) mass is 506 g/mol. The smallest absolute Gasteiger partial charge is 0.253 e. The van der Waals surface area contributed by atoms with Crippen molar-refractivity contribution in [3.05, 3.63) is 98.2 Å². The summed E-state index contributed by atoms with van der Waals surface area (Å²) in [5.41, 5.74) is 2.36. The Morgan fingerprint density at radius 2 is 1.67 bits per heavy atom. The van der Waals surface area contributed by atoms with Gasteiger partial charge in [0.05, 0.1) is 5.02 Å². The van der Waals surface area contributed by atoms with Crippen molar-refractivity contribution in [3.63, 3.8) is 0 Å². The topological polar surface area (TPSA) is 32.8 Å². The molecule has 0 N–H and O–H groups in total. The second-order valence-corrected chi connectivity index (χ2v) is 9.04. The Bertz CT molecular complexity index is 1150. The summed E-state index contributed by atoms with van der Waals surface area (Å²) in [4.78, 5) is 17.1. The van der Waals surface area contributed by atoms with E-state index in [1.807, 2.05) is 29.2 Å². The van der Waals surface area contributed by atoms with Crippen LogP contribution in [0.4, 0.5) is 4.39 Å². The highest BCUT2D eigenvalue weighted by Crippen LogP contribution is 2.32. The predicted octanol–water partition coefficient (Wildman–Crippen LogP) is 6.32. The van der Waals surface area contributed by atoms with Crippen LogP contribution in [-0.2, 0) is 13.2 Å². The van der Waals surface area contributed by atoms with Crippen LogP contribution in [0.3, 0.4) is 0 Å². The van der Waals surface area contributed by atoms with Gasteiger partial charge in [0.25, 0.3) is 5.91 Å². The molecule has 1 amide bonds. The van der Waals surface area contributed by atoms with Crippen LogP contribution in [0.2, 0.25) is 15.1 Å². The third kappa shape index (κ3) is 5.98. The molecule has 0 bridgehead atoms. The summed E-state index contributed by atoms with van der Waals surface area (Å²) in [5, 5.41) is 1.22. The Hall–Kier alpha value is -2.31. The molecule has 0 aromatic heterocycles. The van der Waals surface area contributed by atoms with Gasteiger partial charge in [0.1, 0.15) is 23.2 Å². The van der Waals surface area contributed by atoms with Crippen molar-refractivity contribution in [2.24, 2.45) is 0 Å². The summed E-state index contributed by atoms with van der Waals surface area (Å²) in [6.07, 6.45) is 0. The quantitative estimate of drug-likeness (QED) is 0.391. The molecule has 0 unspecified atom stereocenters. The van der Waals surface area contributed by atoms with Crippen molar-refractivity contribution in [2.75, 3.05) is 26.2 Å². The summed E-state index contributed by atoms with van der Waals surface area (Å²) >= 11 is 18.4. The molecule has 4 nitrogen and oxygen atoms in total. The lowest BCUT2D eigenvalue weighted by Crippen LogP contribution is -2.48. The van der Waals surface area contributed by atoms with Crippen molar-refractivity contribution in [1.82, 2.24) is 9.80 Å². The first-order valence-corrected chi connectivity index (χ1v) is 11.7. The lowest BCUT2D eigenvalue weighted by molar-refractivity contribution is 0.0628. The third-order valence-electron chi connectivity index (χ3n) is 5.55. The Morgan fingerprint density at radius 1 is 0.909 bits per heavy atom. The lowest BCUT2D eigenvalue weighted by Gasteiger charge is -2.35. The van der Waals surface area contributed by atoms with E-state index in [9.17, 15) is 9.18 Å². The van der Waals surface area contributed by atoms with Crippen molar-refractivity contribution in [1.29, 1.82) is 0 Å². The highest BCUT2D eigenvalue weighted by atomic mass is 35.5.